The Morgan fingerprint density at radius 2 is 1.64 bits per heavy atom. The van der Waals surface area contributed by atoms with Crippen LogP contribution in [0.1, 0.15) is 105 Å². The molecule has 3 aromatic rings. The molecule has 7 rings (SSSR count). The molecule has 0 radical (unpaired) electrons. The van der Waals surface area contributed by atoms with E-state index in [2.05, 4.69) is 21.6 Å². The minimum Gasteiger partial charge on any atom is -0.504 e. The van der Waals surface area contributed by atoms with E-state index < -0.39 is 48.2 Å². The highest BCUT2D eigenvalue weighted by Gasteiger charge is 2.51. The van der Waals surface area contributed by atoms with E-state index in [1.165, 1.54) is 14.0 Å². The molecule has 0 aliphatic carbocycles. The van der Waals surface area contributed by atoms with E-state index in [0.717, 1.165) is 34.2 Å². The number of likely N-dealkylation sites (N-methyl/N-ethyl adjacent to an activating group) is 1. The molecule has 0 fully saturated rings. The molecule has 16 nitrogen and oxygen atoms in total. The van der Waals surface area contributed by atoms with Crippen molar-refractivity contribution in [3.8, 4) is 34.5 Å². The first kappa shape index (κ1) is 49.6. The number of thioether (sulfide) groups is 1. The highest BCUT2D eigenvalue weighted by molar-refractivity contribution is 7.98. The van der Waals surface area contributed by atoms with Gasteiger partial charge in [-0.2, -0.15) is 24.9 Å². The van der Waals surface area contributed by atoms with Crippen LogP contribution in [0.15, 0.2) is 18.2 Å². The van der Waals surface area contributed by atoms with Crippen LogP contribution in [0.4, 0.5) is 13.2 Å². The number of aliphatic carboxylic acids is 1. The lowest BCUT2D eigenvalue weighted by Crippen LogP contribution is -2.54. The van der Waals surface area contributed by atoms with Gasteiger partial charge in [0.05, 0.1) is 31.6 Å². The molecular weight excluding hydrogens is 868 g/mol. The minimum atomic E-state index is -5.08. The Morgan fingerprint density at radius 3 is 2.22 bits per heavy atom. The number of hydrogen-bond acceptors (Lipinski definition) is 15. The summed E-state index contributed by atoms with van der Waals surface area (Å²) in [6.07, 6.45) is -1.16. The third kappa shape index (κ3) is 9.50. The molecule has 0 amide bonds. The van der Waals surface area contributed by atoms with E-state index in [9.17, 15) is 37.8 Å². The number of phenols is 1. The number of aromatic carboxylic acids is 1. The molecular formula is C44H54F3N3O13S. The molecule has 0 saturated heterocycles. The number of carbonyl (C=O) groups is 4. The van der Waals surface area contributed by atoms with Crippen LogP contribution in [0.3, 0.4) is 0 Å². The number of rotatable bonds is 9. The number of carboxylic acid groups (broad SMARTS) is 2. The van der Waals surface area contributed by atoms with Gasteiger partial charge in [-0.25, -0.2) is 14.4 Å². The maximum Gasteiger partial charge on any atom is 0.490 e. The molecule has 0 spiro atoms. The molecule has 350 valence electrons. The van der Waals surface area contributed by atoms with Crippen LogP contribution in [0.2, 0.25) is 0 Å². The standard InChI is InChI=1S/C40H47N3O11S.C2HF3O2.C2H6/c1-18-13-22-9-8-12-43-25(16-51-40(48)30-23-15-26(49-5)24(39(46)47)14-21(23)10-11-42-30)28-29(35(54-20(3)44)19(2)36-37(28)53-17-52-36)38(55-7)32(43)31(41-4)27(22)33(45)34(18)50-6;3-2(4,5)1(6)7;1-2/h13-15,25,30-32,38,41-42,45H,8-12,16-17H2,1-7H3,(H,46,47);(H,6,7);1-2H3/t25-,30?,31+,32?,38?;;/m0../s1. The SMILES string of the molecule is CC.CN[C@@H]1c2c(cc(C)c(OC)c2O)CCCN2C1C(SC)c1c(OC(C)=O)c(C)c3c(c1[C@@H]2COC(=O)C1NCCc2cc(C(=O)O)c(OC)cc21)OCO3.O=C(O)C(F)(F)F. The topological polar surface area (TPSA) is 212 Å². The van der Waals surface area contributed by atoms with Gasteiger partial charge in [0.2, 0.25) is 6.79 Å². The monoisotopic (exact) mass is 921 g/mol. The molecule has 3 unspecified atom stereocenters. The number of alkyl halides is 3. The molecule has 4 heterocycles. The van der Waals surface area contributed by atoms with Crippen LogP contribution in [-0.2, 0) is 32.0 Å². The van der Waals surface area contributed by atoms with E-state index in [1.807, 2.05) is 41.0 Å². The van der Waals surface area contributed by atoms with Gasteiger partial charge in [-0.15, -0.1) is 0 Å². The van der Waals surface area contributed by atoms with Gasteiger partial charge in [0.15, 0.2) is 23.0 Å². The zero-order valence-electron chi connectivity index (χ0n) is 37.0. The summed E-state index contributed by atoms with van der Waals surface area (Å²) in [5.74, 6) is -2.95. The summed E-state index contributed by atoms with van der Waals surface area (Å²) in [4.78, 5) is 50.1. The van der Waals surface area contributed by atoms with Crippen LogP contribution >= 0.6 is 11.8 Å². The smallest absolute Gasteiger partial charge is 0.490 e. The Bertz CT molecular complexity index is 2270. The van der Waals surface area contributed by atoms with Crippen LogP contribution in [-0.4, -0.2) is 110 Å². The summed E-state index contributed by atoms with van der Waals surface area (Å²) >= 11 is 1.59. The van der Waals surface area contributed by atoms with E-state index in [-0.39, 0.29) is 41.8 Å². The van der Waals surface area contributed by atoms with Crippen molar-refractivity contribution in [2.75, 3.05) is 54.0 Å². The predicted octanol–water partition coefficient (Wildman–Crippen LogP) is 6.50. The number of fused-ring (bicyclic) bond motifs is 6. The quantitative estimate of drug-likeness (QED) is 0.114. The Hall–Kier alpha value is -5.44. The molecule has 64 heavy (non-hydrogen) atoms. The lowest BCUT2D eigenvalue weighted by molar-refractivity contribution is -0.192. The second kappa shape index (κ2) is 20.6. The van der Waals surface area contributed by atoms with E-state index in [4.69, 9.17) is 38.3 Å². The maximum absolute atomic E-state index is 14.2. The second-order valence-electron chi connectivity index (χ2n) is 15.0. The lowest BCUT2D eigenvalue weighted by Gasteiger charge is -2.51. The van der Waals surface area contributed by atoms with Crippen LogP contribution in [0, 0.1) is 13.8 Å². The molecule has 4 aliphatic heterocycles. The summed E-state index contributed by atoms with van der Waals surface area (Å²) in [6, 6.07) is 2.93. The number of halogens is 3. The van der Waals surface area contributed by atoms with Gasteiger partial charge in [0.1, 0.15) is 29.7 Å². The van der Waals surface area contributed by atoms with Crippen molar-refractivity contribution in [3.63, 3.8) is 0 Å². The number of phenolic OH excluding ortho intramolecular Hbond substituents is 1. The Kier molecular flexibility index (Phi) is 16.0. The molecule has 5 atom stereocenters. The molecule has 5 N–H and O–H groups in total. The van der Waals surface area contributed by atoms with Gasteiger partial charge in [-0.1, -0.05) is 19.9 Å². The third-order valence-corrected chi connectivity index (χ3v) is 12.5. The van der Waals surface area contributed by atoms with Crippen LogP contribution in [0.5, 0.6) is 34.5 Å². The fraction of sp³-hybridized carbons (Fsp3) is 0.500. The number of carboxylic acids is 2. The van der Waals surface area contributed by atoms with Gasteiger partial charge in [-0.05, 0) is 87.3 Å². The summed E-state index contributed by atoms with van der Waals surface area (Å²) in [5.41, 5.74) is 5.97. The minimum absolute atomic E-state index is 0.0231. The average molecular weight is 922 g/mol. The largest absolute Gasteiger partial charge is 0.504 e. The highest BCUT2D eigenvalue weighted by atomic mass is 32.2. The van der Waals surface area contributed by atoms with Gasteiger partial charge < -0.3 is 54.4 Å². The van der Waals surface area contributed by atoms with Crippen LogP contribution < -0.4 is 34.3 Å². The number of ether oxygens (including phenoxy) is 6. The van der Waals surface area contributed by atoms with Crippen molar-refractivity contribution in [1.82, 2.24) is 15.5 Å². The Labute approximate surface area is 372 Å². The number of aromatic hydroxyl groups is 1. The summed E-state index contributed by atoms with van der Waals surface area (Å²) in [7, 11) is 4.79. The number of esters is 2. The first-order valence-electron chi connectivity index (χ1n) is 20.5. The Morgan fingerprint density at radius 1 is 0.969 bits per heavy atom. The van der Waals surface area contributed by atoms with Gasteiger partial charge in [0, 0.05) is 41.8 Å². The zero-order chi connectivity index (χ0) is 47.4. The number of nitrogens with zero attached hydrogens (tertiary/aromatic N) is 1. The van der Waals surface area contributed by atoms with E-state index >= 15 is 0 Å². The molecule has 0 bridgehead atoms. The predicted molar refractivity (Wildman–Crippen MR) is 228 cm³/mol. The zero-order valence-corrected chi connectivity index (χ0v) is 37.8. The van der Waals surface area contributed by atoms with E-state index in [1.54, 1.807) is 31.0 Å². The van der Waals surface area contributed by atoms with Crippen molar-refractivity contribution < 1.29 is 76.1 Å². The number of methoxy groups -OCH3 is 2. The summed E-state index contributed by atoms with van der Waals surface area (Å²) in [5, 5.41) is 35.2. The van der Waals surface area contributed by atoms with Crippen LogP contribution in [0.25, 0.3) is 0 Å². The van der Waals surface area contributed by atoms with Crippen molar-refractivity contribution in [3.05, 3.63) is 68.3 Å². The molecule has 0 aromatic heterocycles. The average Bonchev–Trinajstić information content (AvgIpc) is 3.75. The van der Waals surface area contributed by atoms with Crippen molar-refractivity contribution >= 4 is 35.6 Å². The Balaban J connectivity index is 0.000000782. The fourth-order valence-electron chi connectivity index (χ4n) is 9.01. The molecule has 3 aromatic carbocycles. The molecule has 0 saturated carbocycles. The number of carbonyl (C=O) groups excluding carboxylic acids is 2. The molecule has 20 heteroatoms. The fourth-order valence-corrected chi connectivity index (χ4v) is 10.1. The van der Waals surface area contributed by atoms with E-state index in [0.29, 0.717) is 65.6 Å². The first-order valence-corrected chi connectivity index (χ1v) is 21.8. The molecule has 4 aliphatic rings. The van der Waals surface area contributed by atoms with Gasteiger partial charge in [-0.3, -0.25) is 9.69 Å². The lowest BCUT2D eigenvalue weighted by atomic mass is 9.78. The maximum atomic E-state index is 14.2. The van der Waals surface area contributed by atoms with Crippen molar-refractivity contribution in [2.24, 2.45) is 0 Å². The number of aryl methyl sites for hydroxylation is 2. The van der Waals surface area contributed by atoms with Gasteiger partial charge in [0.25, 0.3) is 0 Å². The second-order valence-corrected chi connectivity index (χ2v) is 16.0. The normalized spacial score (nSPS) is 20.7. The highest BCUT2D eigenvalue weighted by Crippen LogP contribution is 2.60. The number of nitrogens with one attached hydrogen (secondary N) is 2. The van der Waals surface area contributed by atoms with Crippen molar-refractivity contribution in [2.45, 2.75) is 89.5 Å². The number of benzene rings is 3. The number of hydrogen-bond donors (Lipinski definition) is 5. The third-order valence-electron chi connectivity index (χ3n) is 11.5. The summed E-state index contributed by atoms with van der Waals surface area (Å²) in [6.45, 7) is 10.0. The van der Waals surface area contributed by atoms with Crippen molar-refractivity contribution in [1.29, 1.82) is 0 Å². The summed E-state index contributed by atoms with van der Waals surface area (Å²) < 4.78 is 67.4. The first-order chi connectivity index (χ1) is 30.4. The van der Waals surface area contributed by atoms with Gasteiger partial charge >= 0.3 is 30.1 Å².